The molecule has 2 heterocycles. The third-order valence-electron chi connectivity index (χ3n) is 3.68. The predicted molar refractivity (Wildman–Crippen MR) is 105 cm³/mol. The average molecular weight is 395 g/mol. The molecule has 0 atom stereocenters. The molecule has 0 radical (unpaired) electrons. The van der Waals surface area contributed by atoms with Crippen molar-refractivity contribution < 1.29 is 9.47 Å². The van der Waals surface area contributed by atoms with Crippen molar-refractivity contribution >= 4 is 34.3 Å². The van der Waals surface area contributed by atoms with Crippen LogP contribution in [0.25, 0.3) is 10.6 Å². The Hall–Kier alpha value is -1.60. The zero-order valence-corrected chi connectivity index (χ0v) is 16.7. The van der Waals surface area contributed by atoms with Gasteiger partial charge >= 0.3 is 0 Å². The van der Waals surface area contributed by atoms with Gasteiger partial charge in [-0.15, -0.1) is 22.7 Å². The van der Waals surface area contributed by atoms with Crippen LogP contribution in [-0.2, 0) is 13.1 Å². The van der Waals surface area contributed by atoms with Gasteiger partial charge in [0.2, 0.25) is 0 Å². The Kier molecular flexibility index (Phi) is 5.96. The van der Waals surface area contributed by atoms with Gasteiger partial charge in [-0.3, -0.25) is 4.90 Å². The molecule has 0 saturated carbocycles. The van der Waals surface area contributed by atoms with Gasteiger partial charge in [0.05, 0.1) is 29.8 Å². The molecule has 0 bridgehead atoms. The highest BCUT2D eigenvalue weighted by Gasteiger charge is 2.13. The summed E-state index contributed by atoms with van der Waals surface area (Å²) in [6.07, 6.45) is 0. The summed E-state index contributed by atoms with van der Waals surface area (Å²) in [5, 5.41) is 3.04. The highest BCUT2D eigenvalue weighted by atomic mass is 35.5. The summed E-state index contributed by atoms with van der Waals surface area (Å²) in [6, 6.07) is 9.79. The molecule has 3 rings (SSSR count). The Bertz CT molecular complexity index is 847. The Morgan fingerprint density at radius 2 is 1.96 bits per heavy atom. The third kappa shape index (κ3) is 4.52. The largest absolute Gasteiger partial charge is 0.497 e. The standard InChI is InChI=1S/C18H19ClN2O2S2/c1-21(10-14-5-7-17(19)25-14)9-12-11-24-18(20-12)15-6-4-13(22-2)8-16(15)23-3/h4-8,11H,9-10H2,1-3H3. The van der Waals surface area contributed by atoms with E-state index >= 15 is 0 Å². The third-order valence-corrected chi connectivity index (χ3v) is 5.82. The number of aromatic nitrogens is 1. The van der Waals surface area contributed by atoms with Gasteiger partial charge in [-0.05, 0) is 31.3 Å². The molecule has 0 fully saturated rings. The van der Waals surface area contributed by atoms with Crippen LogP contribution >= 0.6 is 34.3 Å². The Morgan fingerprint density at radius 3 is 2.64 bits per heavy atom. The van der Waals surface area contributed by atoms with E-state index in [1.165, 1.54) is 4.88 Å². The molecule has 2 aromatic heterocycles. The Labute approximate surface area is 160 Å². The van der Waals surface area contributed by atoms with Crippen molar-refractivity contribution in [3.05, 3.63) is 50.6 Å². The molecule has 0 N–H and O–H groups in total. The molecule has 25 heavy (non-hydrogen) atoms. The molecule has 4 nitrogen and oxygen atoms in total. The summed E-state index contributed by atoms with van der Waals surface area (Å²) in [4.78, 5) is 8.24. The maximum absolute atomic E-state index is 5.99. The molecule has 0 amide bonds. The van der Waals surface area contributed by atoms with Crippen LogP contribution in [0.1, 0.15) is 10.6 Å². The monoisotopic (exact) mass is 394 g/mol. The molecule has 0 aliphatic rings. The van der Waals surface area contributed by atoms with Crippen LogP contribution in [0.3, 0.4) is 0 Å². The van der Waals surface area contributed by atoms with Crippen molar-refractivity contribution in [2.45, 2.75) is 13.1 Å². The first kappa shape index (κ1) is 18.2. The lowest BCUT2D eigenvalue weighted by atomic mass is 10.2. The molecule has 0 unspecified atom stereocenters. The van der Waals surface area contributed by atoms with Crippen molar-refractivity contribution in [1.82, 2.24) is 9.88 Å². The average Bonchev–Trinajstić information content (AvgIpc) is 3.23. The van der Waals surface area contributed by atoms with Crippen LogP contribution in [0.5, 0.6) is 11.5 Å². The lowest BCUT2D eigenvalue weighted by Crippen LogP contribution is -2.16. The number of thiophene rings is 1. The SMILES string of the molecule is COc1ccc(-c2nc(CN(C)Cc3ccc(Cl)s3)cs2)c(OC)c1. The van der Waals surface area contributed by atoms with E-state index in [2.05, 4.69) is 23.4 Å². The second-order valence-electron chi connectivity index (χ2n) is 5.59. The summed E-state index contributed by atoms with van der Waals surface area (Å²) in [5.74, 6) is 1.54. The van der Waals surface area contributed by atoms with Gasteiger partial charge in [0, 0.05) is 29.4 Å². The fourth-order valence-corrected chi connectivity index (χ4v) is 4.52. The van der Waals surface area contributed by atoms with Crippen molar-refractivity contribution in [3.63, 3.8) is 0 Å². The first-order valence-corrected chi connectivity index (χ1v) is 9.76. The van der Waals surface area contributed by atoms with Crippen LogP contribution in [0.2, 0.25) is 4.34 Å². The summed E-state index contributed by atoms with van der Waals surface area (Å²) < 4.78 is 11.6. The van der Waals surface area contributed by atoms with E-state index in [-0.39, 0.29) is 0 Å². The quantitative estimate of drug-likeness (QED) is 0.553. The van der Waals surface area contributed by atoms with E-state index in [4.69, 9.17) is 26.1 Å². The van der Waals surface area contributed by atoms with Gasteiger partial charge in [0.15, 0.2) is 0 Å². The molecule has 3 aromatic rings. The molecule has 0 aliphatic carbocycles. The van der Waals surface area contributed by atoms with E-state index < -0.39 is 0 Å². The molecule has 1 aromatic carbocycles. The number of rotatable bonds is 7. The number of nitrogens with zero attached hydrogens (tertiary/aromatic N) is 2. The number of halogens is 1. The van der Waals surface area contributed by atoms with Crippen molar-refractivity contribution in [2.75, 3.05) is 21.3 Å². The molecular weight excluding hydrogens is 376 g/mol. The van der Waals surface area contributed by atoms with Crippen molar-refractivity contribution in [2.24, 2.45) is 0 Å². The summed E-state index contributed by atoms with van der Waals surface area (Å²) in [7, 11) is 5.39. The molecule has 0 aliphatic heterocycles. The van der Waals surface area contributed by atoms with Crippen LogP contribution in [0, 0.1) is 0 Å². The smallest absolute Gasteiger partial charge is 0.132 e. The molecule has 132 valence electrons. The van der Waals surface area contributed by atoms with Gasteiger partial charge in [-0.25, -0.2) is 4.98 Å². The summed E-state index contributed by atoms with van der Waals surface area (Å²) >= 11 is 9.23. The minimum absolute atomic E-state index is 0.766. The van der Waals surface area contributed by atoms with Gasteiger partial charge in [-0.1, -0.05) is 11.6 Å². The number of hydrogen-bond donors (Lipinski definition) is 0. The lowest BCUT2D eigenvalue weighted by Gasteiger charge is -2.13. The highest BCUT2D eigenvalue weighted by molar-refractivity contribution is 7.16. The van der Waals surface area contributed by atoms with E-state index in [0.29, 0.717) is 0 Å². The Balaban J connectivity index is 1.72. The van der Waals surface area contributed by atoms with E-state index in [1.54, 1.807) is 36.9 Å². The fraction of sp³-hybridized carbons (Fsp3) is 0.278. The zero-order valence-electron chi connectivity index (χ0n) is 14.3. The van der Waals surface area contributed by atoms with Crippen LogP contribution < -0.4 is 9.47 Å². The normalized spacial score (nSPS) is 11.1. The number of methoxy groups -OCH3 is 2. The predicted octanol–water partition coefficient (Wildman–Crippen LogP) is 5.17. The molecular formula is C18H19ClN2O2S2. The van der Waals surface area contributed by atoms with Crippen LogP contribution in [0.4, 0.5) is 0 Å². The molecule has 0 spiro atoms. The van der Waals surface area contributed by atoms with Crippen molar-refractivity contribution in [1.29, 1.82) is 0 Å². The first-order valence-electron chi connectivity index (χ1n) is 7.68. The van der Waals surface area contributed by atoms with Gasteiger partial charge < -0.3 is 9.47 Å². The maximum atomic E-state index is 5.99. The first-order chi connectivity index (χ1) is 12.1. The highest BCUT2D eigenvalue weighted by Crippen LogP contribution is 2.35. The zero-order chi connectivity index (χ0) is 17.8. The minimum Gasteiger partial charge on any atom is -0.497 e. The maximum Gasteiger partial charge on any atom is 0.132 e. The van der Waals surface area contributed by atoms with Crippen LogP contribution in [0.15, 0.2) is 35.7 Å². The fourth-order valence-electron chi connectivity index (χ4n) is 2.51. The summed E-state index contributed by atoms with van der Waals surface area (Å²) in [6.45, 7) is 1.64. The van der Waals surface area contributed by atoms with Gasteiger partial charge in [-0.2, -0.15) is 0 Å². The van der Waals surface area contributed by atoms with Crippen LogP contribution in [-0.4, -0.2) is 31.2 Å². The van der Waals surface area contributed by atoms with Gasteiger partial charge in [0.1, 0.15) is 16.5 Å². The van der Waals surface area contributed by atoms with E-state index in [9.17, 15) is 0 Å². The molecule has 0 saturated heterocycles. The summed E-state index contributed by atoms with van der Waals surface area (Å²) in [5.41, 5.74) is 2.02. The van der Waals surface area contributed by atoms with Crippen molar-refractivity contribution in [3.8, 4) is 22.1 Å². The number of hydrogen-bond acceptors (Lipinski definition) is 6. The number of thiazole rings is 1. The van der Waals surface area contributed by atoms with Gasteiger partial charge in [0.25, 0.3) is 0 Å². The molecule has 7 heteroatoms. The Morgan fingerprint density at radius 1 is 1.12 bits per heavy atom. The second-order valence-corrected chi connectivity index (χ2v) is 8.25. The van der Waals surface area contributed by atoms with E-state index in [1.807, 2.05) is 24.3 Å². The number of ether oxygens (including phenoxy) is 2. The van der Waals surface area contributed by atoms with E-state index in [0.717, 1.165) is 45.2 Å². The topological polar surface area (TPSA) is 34.6 Å². The second kappa shape index (κ2) is 8.19. The number of benzene rings is 1. The lowest BCUT2D eigenvalue weighted by molar-refractivity contribution is 0.318. The minimum atomic E-state index is 0.766.